The van der Waals surface area contributed by atoms with Gasteiger partial charge < -0.3 is 10.6 Å². The molecule has 0 spiro atoms. The summed E-state index contributed by atoms with van der Waals surface area (Å²) in [5.41, 5.74) is 0.920. The zero-order chi connectivity index (χ0) is 15.0. The molecule has 1 rings (SSSR count). The fraction of sp³-hybridized carbons (Fsp3) is 0.400. The van der Waals surface area contributed by atoms with Crippen LogP contribution in [0.1, 0.15) is 38.3 Å². The lowest BCUT2D eigenvalue weighted by atomic mass is 10.1. The summed E-state index contributed by atoms with van der Waals surface area (Å²) in [5, 5.41) is 5.04. The van der Waals surface area contributed by atoms with Crippen LogP contribution in [0, 0.1) is 0 Å². The maximum absolute atomic E-state index is 12.0. The average molecular weight is 276 g/mol. The van der Waals surface area contributed by atoms with E-state index in [1.54, 1.807) is 0 Å². The number of hydrogen-bond acceptors (Lipinski definition) is 3. The van der Waals surface area contributed by atoms with E-state index in [0.29, 0.717) is 19.3 Å². The standard InChI is InChI=1S/C15H20N2O3/c1-3-7-13(16-10-18)14(19)15(20)17-11(2)12-8-5-4-6-9-12/h4-6,8-11,13H,3,7H2,1-2H3,(H,16,18)(H,17,20). The first-order chi connectivity index (χ1) is 9.60. The summed E-state index contributed by atoms with van der Waals surface area (Å²) in [4.78, 5) is 34.3. The molecule has 1 aromatic rings. The second-order valence-corrected chi connectivity index (χ2v) is 4.60. The van der Waals surface area contributed by atoms with Crippen LogP contribution in [0.2, 0.25) is 0 Å². The molecule has 0 aliphatic rings. The third kappa shape index (κ3) is 4.50. The molecule has 0 saturated carbocycles. The Hall–Kier alpha value is -2.17. The van der Waals surface area contributed by atoms with Crippen molar-refractivity contribution in [1.82, 2.24) is 10.6 Å². The molecule has 0 heterocycles. The Morgan fingerprint density at radius 2 is 1.90 bits per heavy atom. The predicted molar refractivity (Wildman–Crippen MR) is 75.9 cm³/mol. The van der Waals surface area contributed by atoms with Crippen molar-refractivity contribution in [2.75, 3.05) is 0 Å². The van der Waals surface area contributed by atoms with Gasteiger partial charge in [0.15, 0.2) is 0 Å². The molecule has 20 heavy (non-hydrogen) atoms. The molecule has 1 aromatic carbocycles. The molecular weight excluding hydrogens is 256 g/mol. The lowest BCUT2D eigenvalue weighted by Crippen LogP contribution is -2.45. The van der Waals surface area contributed by atoms with Crippen LogP contribution in [-0.4, -0.2) is 24.1 Å². The van der Waals surface area contributed by atoms with Crippen LogP contribution in [0.5, 0.6) is 0 Å². The summed E-state index contributed by atoms with van der Waals surface area (Å²) in [6, 6.07) is 8.37. The number of amides is 2. The van der Waals surface area contributed by atoms with Gasteiger partial charge in [-0.2, -0.15) is 0 Å². The highest BCUT2D eigenvalue weighted by Gasteiger charge is 2.25. The first-order valence-corrected chi connectivity index (χ1v) is 6.69. The van der Waals surface area contributed by atoms with Crippen LogP contribution in [0.25, 0.3) is 0 Å². The van der Waals surface area contributed by atoms with Gasteiger partial charge in [-0.3, -0.25) is 14.4 Å². The number of rotatable bonds is 8. The largest absolute Gasteiger partial charge is 0.348 e. The lowest BCUT2D eigenvalue weighted by Gasteiger charge is -2.17. The van der Waals surface area contributed by atoms with Gasteiger partial charge >= 0.3 is 0 Å². The van der Waals surface area contributed by atoms with Crippen molar-refractivity contribution in [2.24, 2.45) is 0 Å². The van der Waals surface area contributed by atoms with Crippen molar-refractivity contribution >= 4 is 18.1 Å². The Balaban J connectivity index is 2.65. The van der Waals surface area contributed by atoms with Gasteiger partial charge in [0, 0.05) is 0 Å². The molecule has 0 aliphatic heterocycles. The van der Waals surface area contributed by atoms with Crippen molar-refractivity contribution < 1.29 is 14.4 Å². The van der Waals surface area contributed by atoms with Gasteiger partial charge in [-0.05, 0) is 18.9 Å². The minimum atomic E-state index is -0.750. The van der Waals surface area contributed by atoms with E-state index in [1.807, 2.05) is 44.2 Å². The highest BCUT2D eigenvalue weighted by atomic mass is 16.2. The third-order valence-corrected chi connectivity index (χ3v) is 3.03. The molecule has 2 unspecified atom stereocenters. The Kier molecular flexibility index (Phi) is 6.43. The second-order valence-electron chi connectivity index (χ2n) is 4.60. The maximum atomic E-state index is 12.0. The van der Waals surface area contributed by atoms with E-state index in [2.05, 4.69) is 10.6 Å². The summed E-state index contributed by atoms with van der Waals surface area (Å²) in [6.45, 7) is 3.69. The van der Waals surface area contributed by atoms with Crippen LogP contribution >= 0.6 is 0 Å². The Morgan fingerprint density at radius 1 is 1.25 bits per heavy atom. The monoisotopic (exact) mass is 276 g/mol. The Labute approximate surface area is 118 Å². The SMILES string of the molecule is CCCC(NC=O)C(=O)C(=O)NC(C)c1ccccc1. The van der Waals surface area contributed by atoms with E-state index in [0.717, 1.165) is 5.56 Å². The minimum Gasteiger partial charge on any atom is -0.348 e. The van der Waals surface area contributed by atoms with Crippen molar-refractivity contribution in [3.63, 3.8) is 0 Å². The summed E-state index contributed by atoms with van der Waals surface area (Å²) in [7, 11) is 0. The zero-order valence-electron chi connectivity index (χ0n) is 11.8. The van der Waals surface area contributed by atoms with Gasteiger partial charge in [-0.15, -0.1) is 0 Å². The van der Waals surface area contributed by atoms with Crippen LogP contribution in [0.3, 0.4) is 0 Å². The molecule has 5 heteroatoms. The lowest BCUT2D eigenvalue weighted by molar-refractivity contribution is -0.140. The topological polar surface area (TPSA) is 75.3 Å². The molecule has 0 saturated heterocycles. The van der Waals surface area contributed by atoms with E-state index >= 15 is 0 Å². The highest BCUT2D eigenvalue weighted by Crippen LogP contribution is 2.11. The third-order valence-electron chi connectivity index (χ3n) is 3.03. The molecule has 108 valence electrons. The second kappa shape index (κ2) is 8.09. The van der Waals surface area contributed by atoms with Crippen molar-refractivity contribution in [2.45, 2.75) is 38.8 Å². The smallest absolute Gasteiger partial charge is 0.290 e. The van der Waals surface area contributed by atoms with Crippen LogP contribution < -0.4 is 10.6 Å². The van der Waals surface area contributed by atoms with Gasteiger partial charge in [-0.1, -0.05) is 43.7 Å². The van der Waals surface area contributed by atoms with E-state index in [4.69, 9.17) is 0 Å². The quantitative estimate of drug-likeness (QED) is 0.556. The average Bonchev–Trinajstić information content (AvgIpc) is 2.47. The van der Waals surface area contributed by atoms with E-state index in [9.17, 15) is 14.4 Å². The molecular formula is C15H20N2O3. The molecule has 5 nitrogen and oxygen atoms in total. The summed E-state index contributed by atoms with van der Waals surface area (Å²) in [6.07, 6.45) is 1.61. The molecule has 0 fully saturated rings. The molecule has 0 bridgehead atoms. The number of Topliss-reactive ketones (excluding diaryl/α,β-unsaturated/α-hetero) is 1. The van der Waals surface area contributed by atoms with Crippen molar-refractivity contribution in [3.05, 3.63) is 35.9 Å². The van der Waals surface area contributed by atoms with Crippen LogP contribution in [-0.2, 0) is 14.4 Å². The summed E-state index contributed by atoms with van der Waals surface area (Å²) in [5.74, 6) is -1.28. The van der Waals surface area contributed by atoms with E-state index < -0.39 is 17.7 Å². The Bertz CT molecular complexity index is 459. The molecule has 2 atom stereocenters. The van der Waals surface area contributed by atoms with Gasteiger partial charge in [0.1, 0.15) is 0 Å². The highest BCUT2D eigenvalue weighted by molar-refractivity contribution is 6.38. The van der Waals surface area contributed by atoms with Gasteiger partial charge in [0.05, 0.1) is 12.1 Å². The fourth-order valence-electron chi connectivity index (χ4n) is 1.91. The molecule has 2 N–H and O–H groups in total. The van der Waals surface area contributed by atoms with Crippen LogP contribution in [0.4, 0.5) is 0 Å². The van der Waals surface area contributed by atoms with Crippen molar-refractivity contribution in [3.8, 4) is 0 Å². The summed E-state index contributed by atoms with van der Waals surface area (Å²) < 4.78 is 0. The summed E-state index contributed by atoms with van der Waals surface area (Å²) >= 11 is 0. The first kappa shape index (κ1) is 15.9. The number of ketones is 1. The first-order valence-electron chi connectivity index (χ1n) is 6.69. The Morgan fingerprint density at radius 3 is 2.45 bits per heavy atom. The van der Waals surface area contributed by atoms with E-state index in [-0.39, 0.29) is 6.04 Å². The molecule has 2 amide bonds. The molecule has 0 radical (unpaired) electrons. The van der Waals surface area contributed by atoms with Gasteiger partial charge in [-0.25, -0.2) is 0 Å². The predicted octanol–water partition coefficient (Wildman–Crippen LogP) is 1.35. The number of benzene rings is 1. The van der Waals surface area contributed by atoms with Crippen LogP contribution in [0.15, 0.2) is 30.3 Å². The fourth-order valence-corrected chi connectivity index (χ4v) is 1.91. The van der Waals surface area contributed by atoms with Crippen molar-refractivity contribution in [1.29, 1.82) is 0 Å². The van der Waals surface area contributed by atoms with Gasteiger partial charge in [0.25, 0.3) is 5.91 Å². The number of hydrogen-bond donors (Lipinski definition) is 2. The number of carbonyl (C=O) groups excluding carboxylic acids is 3. The normalized spacial score (nSPS) is 13.1. The van der Waals surface area contributed by atoms with Gasteiger partial charge in [0.2, 0.25) is 12.2 Å². The maximum Gasteiger partial charge on any atom is 0.290 e. The molecule has 0 aliphatic carbocycles. The molecule has 0 aromatic heterocycles. The number of carbonyl (C=O) groups is 3. The minimum absolute atomic E-state index is 0.258. The number of nitrogens with one attached hydrogen (secondary N) is 2. The van der Waals surface area contributed by atoms with E-state index in [1.165, 1.54) is 0 Å². The zero-order valence-corrected chi connectivity index (χ0v) is 11.8.